The Hall–Kier alpha value is -4.48. The number of ether oxygens (including phenoxy) is 1. The van der Waals surface area contributed by atoms with Crippen LogP contribution in [0.1, 0.15) is 10.5 Å². The molecule has 3 rings (SSSR count). The van der Waals surface area contributed by atoms with Crippen LogP contribution in [0.4, 0.5) is 17.1 Å². The number of nitrogens with one attached hydrogen (secondary N) is 1. The van der Waals surface area contributed by atoms with Crippen LogP contribution >= 0.6 is 0 Å². The summed E-state index contributed by atoms with van der Waals surface area (Å²) in [7, 11) is 0. The van der Waals surface area contributed by atoms with Gasteiger partial charge in [-0.3, -0.25) is 25.0 Å². The van der Waals surface area contributed by atoms with E-state index in [0.29, 0.717) is 0 Å². The number of carbonyl (C=O) groups is 1. The molecule has 12 nitrogen and oxygen atoms in total. The Balaban J connectivity index is 1.69. The van der Waals surface area contributed by atoms with E-state index in [1.807, 2.05) is 0 Å². The van der Waals surface area contributed by atoms with Crippen LogP contribution in [0.25, 0.3) is 0 Å². The van der Waals surface area contributed by atoms with Crippen molar-refractivity contribution in [1.29, 1.82) is 0 Å². The van der Waals surface area contributed by atoms with Gasteiger partial charge in [0.1, 0.15) is 5.75 Å². The molecule has 0 aliphatic carbocycles. The zero-order valence-electron chi connectivity index (χ0n) is 14.6. The van der Waals surface area contributed by atoms with Crippen LogP contribution in [0.2, 0.25) is 0 Å². The standard InChI is InChI=1S/C17H13N5O7/c23-15-6-5-11(21(25)26)9-13(15)18-17(24)12-7-8-20(19-12)10-29-16-4-2-1-3-14(16)22(27)28/h1-9,23H,10H2,(H,18,24). The molecule has 0 saturated heterocycles. The molecule has 0 saturated carbocycles. The number of aromatic nitrogens is 2. The van der Waals surface area contributed by atoms with Crippen molar-refractivity contribution >= 4 is 23.0 Å². The number of aromatic hydroxyl groups is 1. The van der Waals surface area contributed by atoms with E-state index in [1.54, 1.807) is 6.07 Å². The first-order chi connectivity index (χ1) is 13.8. The highest BCUT2D eigenvalue weighted by molar-refractivity contribution is 6.03. The second kappa shape index (κ2) is 8.04. The van der Waals surface area contributed by atoms with Gasteiger partial charge in [-0.25, -0.2) is 4.68 Å². The van der Waals surface area contributed by atoms with Crippen molar-refractivity contribution in [3.05, 3.63) is 80.7 Å². The summed E-state index contributed by atoms with van der Waals surface area (Å²) >= 11 is 0. The summed E-state index contributed by atoms with van der Waals surface area (Å²) in [6.07, 6.45) is 1.41. The van der Waals surface area contributed by atoms with Crippen molar-refractivity contribution in [3.63, 3.8) is 0 Å². The maximum Gasteiger partial charge on any atom is 0.311 e. The SMILES string of the molecule is O=C(Nc1cc([N+](=O)[O-])ccc1O)c1ccn(COc2ccccc2[N+](=O)[O-])n1. The Morgan fingerprint density at radius 1 is 1.14 bits per heavy atom. The molecule has 12 heteroatoms. The number of para-hydroxylation sites is 2. The number of rotatable bonds is 7. The molecule has 0 bridgehead atoms. The quantitative estimate of drug-likeness (QED) is 0.348. The number of nitro groups is 2. The number of hydrogen-bond donors (Lipinski definition) is 2. The molecule has 0 atom stereocenters. The Kier molecular flexibility index (Phi) is 5.35. The van der Waals surface area contributed by atoms with E-state index in [9.17, 15) is 30.1 Å². The van der Waals surface area contributed by atoms with Crippen LogP contribution in [-0.4, -0.2) is 30.6 Å². The third-order valence-electron chi connectivity index (χ3n) is 3.73. The summed E-state index contributed by atoms with van der Waals surface area (Å²) in [6, 6.07) is 10.4. The summed E-state index contributed by atoms with van der Waals surface area (Å²) in [4.78, 5) is 32.8. The molecule has 0 radical (unpaired) electrons. The van der Waals surface area contributed by atoms with Gasteiger partial charge in [0.25, 0.3) is 11.6 Å². The van der Waals surface area contributed by atoms with Crippen LogP contribution in [0.15, 0.2) is 54.7 Å². The molecule has 0 spiro atoms. The maximum absolute atomic E-state index is 12.3. The van der Waals surface area contributed by atoms with Crippen LogP contribution in [0, 0.1) is 20.2 Å². The first-order valence-electron chi connectivity index (χ1n) is 8.03. The summed E-state index contributed by atoms with van der Waals surface area (Å²) in [5.74, 6) is -1.02. The zero-order chi connectivity index (χ0) is 21.0. The molecule has 0 aliphatic heterocycles. The number of hydrogen-bond acceptors (Lipinski definition) is 8. The Morgan fingerprint density at radius 3 is 2.62 bits per heavy atom. The van der Waals surface area contributed by atoms with Gasteiger partial charge in [0.15, 0.2) is 18.2 Å². The van der Waals surface area contributed by atoms with Gasteiger partial charge in [-0.2, -0.15) is 5.10 Å². The van der Waals surface area contributed by atoms with Crippen molar-refractivity contribution in [2.24, 2.45) is 0 Å². The predicted molar refractivity (Wildman–Crippen MR) is 98.7 cm³/mol. The monoisotopic (exact) mass is 399 g/mol. The normalized spacial score (nSPS) is 10.3. The van der Waals surface area contributed by atoms with Gasteiger partial charge >= 0.3 is 5.69 Å². The van der Waals surface area contributed by atoms with Crippen LogP contribution in [0.3, 0.4) is 0 Å². The fourth-order valence-electron chi connectivity index (χ4n) is 2.34. The predicted octanol–water partition coefficient (Wildman–Crippen LogP) is 2.69. The number of carbonyl (C=O) groups excluding carboxylic acids is 1. The highest BCUT2D eigenvalue weighted by Crippen LogP contribution is 2.28. The molecular formula is C17H13N5O7. The van der Waals surface area contributed by atoms with Crippen LogP contribution < -0.4 is 10.1 Å². The fourth-order valence-corrected chi connectivity index (χ4v) is 2.34. The minimum Gasteiger partial charge on any atom is -0.506 e. The zero-order valence-corrected chi connectivity index (χ0v) is 14.6. The summed E-state index contributed by atoms with van der Waals surface area (Å²) < 4.78 is 6.60. The highest BCUT2D eigenvalue weighted by atomic mass is 16.6. The number of phenolic OH excluding ortho intramolecular Hbond substituents is 1. The third-order valence-corrected chi connectivity index (χ3v) is 3.73. The number of benzene rings is 2. The van der Waals surface area contributed by atoms with Crippen molar-refractivity contribution in [3.8, 4) is 11.5 Å². The van der Waals surface area contributed by atoms with E-state index in [0.717, 1.165) is 18.2 Å². The van der Waals surface area contributed by atoms with E-state index in [1.165, 1.54) is 35.1 Å². The Bertz CT molecular complexity index is 1100. The number of phenols is 1. The first-order valence-corrected chi connectivity index (χ1v) is 8.03. The molecule has 1 amide bonds. The molecule has 2 aromatic carbocycles. The van der Waals surface area contributed by atoms with Crippen molar-refractivity contribution in [2.75, 3.05) is 5.32 Å². The van der Waals surface area contributed by atoms with Gasteiger partial charge in [0.05, 0.1) is 15.5 Å². The number of amides is 1. The molecule has 0 fully saturated rings. The fraction of sp³-hybridized carbons (Fsp3) is 0.0588. The van der Waals surface area contributed by atoms with Crippen LogP contribution in [-0.2, 0) is 6.73 Å². The average Bonchev–Trinajstić information content (AvgIpc) is 3.17. The van der Waals surface area contributed by atoms with Crippen molar-refractivity contribution in [1.82, 2.24) is 9.78 Å². The highest BCUT2D eigenvalue weighted by Gasteiger charge is 2.17. The topological polar surface area (TPSA) is 163 Å². The molecule has 1 aromatic heterocycles. The smallest absolute Gasteiger partial charge is 0.311 e. The third kappa shape index (κ3) is 4.44. The van der Waals surface area contributed by atoms with E-state index >= 15 is 0 Å². The van der Waals surface area contributed by atoms with Gasteiger partial charge in [-0.1, -0.05) is 12.1 Å². The average molecular weight is 399 g/mol. The minimum absolute atomic E-state index is 0.0421. The molecule has 0 unspecified atom stereocenters. The lowest BCUT2D eigenvalue weighted by Gasteiger charge is -2.07. The molecule has 29 heavy (non-hydrogen) atoms. The van der Waals surface area contributed by atoms with Crippen LogP contribution in [0.5, 0.6) is 11.5 Å². The minimum atomic E-state index is -0.717. The van der Waals surface area contributed by atoms with E-state index in [-0.39, 0.29) is 41.0 Å². The summed E-state index contributed by atoms with van der Waals surface area (Å²) in [6.45, 7) is -0.194. The lowest BCUT2D eigenvalue weighted by Crippen LogP contribution is -2.14. The van der Waals surface area contributed by atoms with Gasteiger partial charge in [-0.15, -0.1) is 0 Å². The van der Waals surface area contributed by atoms with Gasteiger partial charge < -0.3 is 15.2 Å². The second-order valence-electron chi connectivity index (χ2n) is 5.65. The Morgan fingerprint density at radius 2 is 1.90 bits per heavy atom. The summed E-state index contributed by atoms with van der Waals surface area (Å²) in [5, 5.41) is 37.9. The second-order valence-corrected chi connectivity index (χ2v) is 5.65. The van der Waals surface area contributed by atoms with Crippen molar-refractivity contribution in [2.45, 2.75) is 6.73 Å². The Labute approximate surface area is 162 Å². The molecule has 148 valence electrons. The summed E-state index contributed by atoms with van der Waals surface area (Å²) in [5.41, 5.74) is -0.711. The van der Waals surface area contributed by atoms with Gasteiger partial charge in [-0.05, 0) is 18.2 Å². The van der Waals surface area contributed by atoms with E-state index in [2.05, 4.69) is 10.4 Å². The largest absolute Gasteiger partial charge is 0.506 e. The number of nitro benzene ring substituents is 2. The molecular weight excluding hydrogens is 386 g/mol. The maximum atomic E-state index is 12.3. The number of nitrogens with zero attached hydrogens (tertiary/aromatic N) is 4. The molecule has 0 aliphatic rings. The number of non-ortho nitro benzene ring substituents is 1. The lowest BCUT2D eigenvalue weighted by atomic mass is 10.2. The molecule has 2 N–H and O–H groups in total. The van der Waals surface area contributed by atoms with E-state index < -0.39 is 15.8 Å². The molecule has 3 aromatic rings. The first kappa shape index (κ1) is 19.3. The van der Waals surface area contributed by atoms with E-state index in [4.69, 9.17) is 4.74 Å². The van der Waals surface area contributed by atoms with Gasteiger partial charge in [0, 0.05) is 24.4 Å². The number of anilines is 1. The van der Waals surface area contributed by atoms with Crippen molar-refractivity contribution < 1.29 is 24.5 Å². The lowest BCUT2D eigenvalue weighted by molar-refractivity contribution is -0.386. The molecule has 1 heterocycles. The van der Waals surface area contributed by atoms with Gasteiger partial charge in [0.2, 0.25) is 0 Å².